The third-order valence-corrected chi connectivity index (χ3v) is 4.17. The van der Waals surface area contributed by atoms with E-state index in [1.165, 1.54) is 6.92 Å². The second kappa shape index (κ2) is 8.52. The third kappa shape index (κ3) is 5.38. The zero-order chi connectivity index (χ0) is 21.0. The number of aromatic nitrogens is 2. The van der Waals surface area contributed by atoms with Crippen LogP contribution in [0.2, 0.25) is 0 Å². The smallest absolute Gasteiger partial charge is 0.274 e. The van der Waals surface area contributed by atoms with Crippen LogP contribution in [0.4, 0.5) is 22.9 Å². The summed E-state index contributed by atoms with van der Waals surface area (Å²) in [5.41, 5.74) is 4.45. The van der Waals surface area contributed by atoms with E-state index in [1.807, 2.05) is 44.2 Å². The van der Waals surface area contributed by atoms with Gasteiger partial charge in [0.1, 0.15) is 17.3 Å². The molecule has 0 radical (unpaired) electrons. The van der Waals surface area contributed by atoms with Crippen molar-refractivity contribution < 1.29 is 9.59 Å². The Bertz CT molecular complexity index is 1080. The van der Waals surface area contributed by atoms with Gasteiger partial charge in [0.2, 0.25) is 5.91 Å². The standard InChI is InChI=1S/C22H23N5O2/c1-13-8-9-14(2)19(10-13)27-22(29)20-12-21(24-15(3)23-20)26-18-7-5-6-17(11-18)25-16(4)28/h5-12H,1-4H3,(H,25,28)(H,27,29)(H,23,24,26). The van der Waals surface area contributed by atoms with Crippen LogP contribution in [-0.4, -0.2) is 21.8 Å². The minimum atomic E-state index is -0.306. The maximum absolute atomic E-state index is 12.7. The summed E-state index contributed by atoms with van der Waals surface area (Å²) in [5, 5.41) is 8.80. The first-order valence-electron chi connectivity index (χ1n) is 9.19. The summed E-state index contributed by atoms with van der Waals surface area (Å²) in [6.45, 7) is 7.10. The van der Waals surface area contributed by atoms with Gasteiger partial charge in [-0.15, -0.1) is 0 Å². The van der Waals surface area contributed by atoms with Gasteiger partial charge in [-0.2, -0.15) is 0 Å². The number of carbonyl (C=O) groups excluding carboxylic acids is 2. The molecule has 7 heteroatoms. The van der Waals surface area contributed by atoms with E-state index in [2.05, 4.69) is 25.9 Å². The first-order valence-corrected chi connectivity index (χ1v) is 9.19. The van der Waals surface area contributed by atoms with Crippen LogP contribution in [0, 0.1) is 20.8 Å². The first kappa shape index (κ1) is 20.0. The highest BCUT2D eigenvalue weighted by Crippen LogP contribution is 2.21. The maximum Gasteiger partial charge on any atom is 0.274 e. The van der Waals surface area contributed by atoms with Gasteiger partial charge in [0, 0.05) is 30.1 Å². The van der Waals surface area contributed by atoms with Crippen LogP contribution in [0.5, 0.6) is 0 Å². The van der Waals surface area contributed by atoms with E-state index in [-0.39, 0.29) is 17.5 Å². The summed E-state index contributed by atoms with van der Waals surface area (Å²) in [4.78, 5) is 32.6. The van der Waals surface area contributed by atoms with Crippen molar-refractivity contribution in [3.05, 3.63) is 71.2 Å². The molecule has 1 heterocycles. The quantitative estimate of drug-likeness (QED) is 0.603. The van der Waals surface area contributed by atoms with Crippen molar-refractivity contribution in [3.63, 3.8) is 0 Å². The van der Waals surface area contributed by atoms with Gasteiger partial charge in [-0.25, -0.2) is 9.97 Å². The largest absolute Gasteiger partial charge is 0.340 e. The molecule has 0 unspecified atom stereocenters. The minimum absolute atomic E-state index is 0.148. The Morgan fingerprint density at radius 1 is 0.862 bits per heavy atom. The predicted molar refractivity (Wildman–Crippen MR) is 115 cm³/mol. The van der Waals surface area contributed by atoms with Crippen molar-refractivity contribution >= 4 is 34.7 Å². The van der Waals surface area contributed by atoms with Crippen molar-refractivity contribution in [2.75, 3.05) is 16.0 Å². The van der Waals surface area contributed by atoms with E-state index in [9.17, 15) is 9.59 Å². The van der Waals surface area contributed by atoms with Gasteiger partial charge in [0.25, 0.3) is 5.91 Å². The van der Waals surface area contributed by atoms with Crippen LogP contribution in [-0.2, 0) is 4.79 Å². The molecule has 0 saturated heterocycles. The SMILES string of the molecule is CC(=O)Nc1cccc(Nc2cc(C(=O)Nc3cc(C)ccc3C)nc(C)n2)c1. The summed E-state index contributed by atoms with van der Waals surface area (Å²) >= 11 is 0. The number of hydrogen-bond acceptors (Lipinski definition) is 5. The van der Waals surface area contributed by atoms with E-state index >= 15 is 0 Å². The highest BCUT2D eigenvalue weighted by molar-refractivity contribution is 6.03. The van der Waals surface area contributed by atoms with E-state index in [1.54, 1.807) is 25.1 Å². The van der Waals surface area contributed by atoms with Crippen LogP contribution in [0.15, 0.2) is 48.5 Å². The van der Waals surface area contributed by atoms with E-state index in [4.69, 9.17) is 0 Å². The fourth-order valence-electron chi connectivity index (χ4n) is 2.83. The Hall–Kier alpha value is -3.74. The van der Waals surface area contributed by atoms with Crippen LogP contribution < -0.4 is 16.0 Å². The Morgan fingerprint density at radius 3 is 2.38 bits per heavy atom. The molecule has 7 nitrogen and oxygen atoms in total. The van der Waals surface area contributed by atoms with Crippen molar-refractivity contribution in [2.24, 2.45) is 0 Å². The van der Waals surface area contributed by atoms with E-state index < -0.39 is 0 Å². The van der Waals surface area contributed by atoms with Crippen LogP contribution in [0.25, 0.3) is 0 Å². The molecule has 0 aliphatic rings. The van der Waals surface area contributed by atoms with Crippen molar-refractivity contribution in [1.82, 2.24) is 9.97 Å². The average molecular weight is 389 g/mol. The number of benzene rings is 2. The van der Waals surface area contributed by atoms with Gasteiger partial charge in [0.15, 0.2) is 0 Å². The first-order chi connectivity index (χ1) is 13.8. The van der Waals surface area contributed by atoms with Gasteiger partial charge < -0.3 is 16.0 Å². The lowest BCUT2D eigenvalue weighted by atomic mass is 10.1. The van der Waals surface area contributed by atoms with Crippen LogP contribution in [0.1, 0.15) is 34.4 Å². The lowest BCUT2D eigenvalue weighted by Gasteiger charge is -2.12. The van der Waals surface area contributed by atoms with Gasteiger partial charge >= 0.3 is 0 Å². The predicted octanol–water partition coefficient (Wildman–Crippen LogP) is 4.36. The third-order valence-electron chi connectivity index (χ3n) is 4.17. The number of amides is 2. The highest BCUT2D eigenvalue weighted by atomic mass is 16.2. The van der Waals surface area contributed by atoms with Gasteiger partial charge in [-0.3, -0.25) is 9.59 Å². The second-order valence-corrected chi connectivity index (χ2v) is 6.85. The molecule has 29 heavy (non-hydrogen) atoms. The number of nitrogens with one attached hydrogen (secondary N) is 3. The highest BCUT2D eigenvalue weighted by Gasteiger charge is 2.12. The second-order valence-electron chi connectivity index (χ2n) is 6.85. The summed E-state index contributed by atoms with van der Waals surface area (Å²) < 4.78 is 0. The van der Waals surface area contributed by atoms with Gasteiger partial charge in [-0.1, -0.05) is 18.2 Å². The molecule has 1 aromatic heterocycles. The Labute approximate surface area is 169 Å². The Kier molecular flexibility index (Phi) is 5.87. The molecule has 0 atom stereocenters. The van der Waals surface area contributed by atoms with E-state index in [0.717, 1.165) is 22.5 Å². The molecule has 3 rings (SSSR count). The fourth-order valence-corrected chi connectivity index (χ4v) is 2.83. The Balaban J connectivity index is 1.82. The molecule has 0 fully saturated rings. The molecule has 2 amide bonds. The summed E-state index contributed by atoms with van der Waals surface area (Å²) in [6, 6.07) is 14.7. The molecule has 0 saturated carbocycles. The molecular formula is C22H23N5O2. The summed E-state index contributed by atoms with van der Waals surface area (Å²) in [5.74, 6) is 0.507. The number of hydrogen-bond donors (Lipinski definition) is 3. The average Bonchev–Trinajstić information content (AvgIpc) is 2.64. The maximum atomic E-state index is 12.7. The summed E-state index contributed by atoms with van der Waals surface area (Å²) in [7, 11) is 0. The number of anilines is 4. The normalized spacial score (nSPS) is 10.3. The minimum Gasteiger partial charge on any atom is -0.340 e. The van der Waals surface area contributed by atoms with Gasteiger partial charge in [0.05, 0.1) is 0 Å². The number of rotatable bonds is 5. The van der Waals surface area contributed by atoms with Crippen molar-refractivity contribution in [1.29, 1.82) is 0 Å². The molecule has 2 aromatic carbocycles. The molecule has 0 spiro atoms. The topological polar surface area (TPSA) is 96.0 Å². The lowest BCUT2D eigenvalue weighted by Crippen LogP contribution is -2.16. The molecule has 148 valence electrons. The zero-order valence-corrected chi connectivity index (χ0v) is 16.8. The number of aryl methyl sites for hydroxylation is 3. The molecular weight excluding hydrogens is 366 g/mol. The Morgan fingerprint density at radius 2 is 1.62 bits per heavy atom. The zero-order valence-electron chi connectivity index (χ0n) is 16.8. The molecule has 3 N–H and O–H groups in total. The van der Waals surface area contributed by atoms with Gasteiger partial charge in [-0.05, 0) is 56.2 Å². The summed E-state index contributed by atoms with van der Waals surface area (Å²) in [6.07, 6.45) is 0. The van der Waals surface area contributed by atoms with Crippen molar-refractivity contribution in [3.8, 4) is 0 Å². The molecule has 3 aromatic rings. The van der Waals surface area contributed by atoms with Crippen molar-refractivity contribution in [2.45, 2.75) is 27.7 Å². The van der Waals surface area contributed by atoms with Crippen LogP contribution in [0.3, 0.4) is 0 Å². The number of nitrogens with zero attached hydrogens (tertiary/aromatic N) is 2. The fraction of sp³-hybridized carbons (Fsp3) is 0.182. The lowest BCUT2D eigenvalue weighted by molar-refractivity contribution is -0.114. The monoisotopic (exact) mass is 389 g/mol. The van der Waals surface area contributed by atoms with Crippen LogP contribution >= 0.6 is 0 Å². The van der Waals surface area contributed by atoms with E-state index in [0.29, 0.717) is 17.3 Å². The molecule has 0 bridgehead atoms. The molecule has 0 aliphatic carbocycles. The number of carbonyl (C=O) groups is 2. The molecule has 0 aliphatic heterocycles.